The molecular formula is C8H9ClNS. The van der Waals surface area contributed by atoms with Crippen molar-refractivity contribution >= 4 is 23.4 Å². The van der Waals surface area contributed by atoms with Crippen LogP contribution in [0.25, 0.3) is 0 Å². The summed E-state index contributed by atoms with van der Waals surface area (Å²) in [4.78, 5) is 4.10. The largest absolute Gasteiger partial charge is 0.249 e. The van der Waals surface area contributed by atoms with Crippen molar-refractivity contribution in [3.05, 3.63) is 23.4 Å². The molecule has 0 aliphatic carbocycles. The second kappa shape index (κ2) is 3.98. The summed E-state index contributed by atoms with van der Waals surface area (Å²) in [6.45, 7) is 4.22. The normalized spacial score (nSPS) is 10.5. The Balaban J connectivity index is 2.71. The lowest BCUT2D eigenvalue weighted by Gasteiger charge is -2.01. The molecule has 1 radical (unpaired) electrons. The molecule has 0 saturated carbocycles. The van der Waals surface area contributed by atoms with Gasteiger partial charge in [-0.05, 0) is 6.07 Å². The van der Waals surface area contributed by atoms with Crippen molar-refractivity contribution < 1.29 is 0 Å². The molecule has 0 spiro atoms. The molecule has 0 fully saturated rings. The SMILES string of the molecule is CC(C)Sc1[c]c(Cl)ccn1. The summed E-state index contributed by atoms with van der Waals surface area (Å²) in [5, 5.41) is 2.02. The standard InChI is InChI=1S/C8H9ClNS/c1-6(2)11-8-5-7(9)3-4-10-8/h3-4,6H,1-2H3. The van der Waals surface area contributed by atoms with Crippen LogP contribution >= 0.6 is 23.4 Å². The fraction of sp³-hybridized carbons (Fsp3) is 0.375. The maximum absolute atomic E-state index is 5.72. The molecule has 1 heterocycles. The van der Waals surface area contributed by atoms with Gasteiger partial charge >= 0.3 is 0 Å². The Bertz CT molecular complexity index is 237. The van der Waals surface area contributed by atoms with Crippen LogP contribution in [-0.4, -0.2) is 10.2 Å². The van der Waals surface area contributed by atoms with Gasteiger partial charge in [-0.1, -0.05) is 25.4 Å². The molecule has 0 bridgehead atoms. The zero-order valence-corrected chi connectivity index (χ0v) is 8.04. The highest BCUT2D eigenvalue weighted by molar-refractivity contribution is 7.99. The van der Waals surface area contributed by atoms with Crippen molar-refractivity contribution in [3.63, 3.8) is 0 Å². The van der Waals surface area contributed by atoms with Gasteiger partial charge in [0.05, 0.1) is 5.02 Å². The second-order valence-electron chi connectivity index (χ2n) is 2.39. The van der Waals surface area contributed by atoms with E-state index in [1.807, 2.05) is 0 Å². The lowest BCUT2D eigenvalue weighted by molar-refractivity contribution is 1.07. The summed E-state index contributed by atoms with van der Waals surface area (Å²) in [6.07, 6.45) is 1.70. The number of rotatable bonds is 2. The van der Waals surface area contributed by atoms with Crippen molar-refractivity contribution in [1.29, 1.82) is 0 Å². The quantitative estimate of drug-likeness (QED) is 0.659. The van der Waals surface area contributed by atoms with Crippen molar-refractivity contribution in [3.8, 4) is 0 Å². The molecule has 0 N–H and O–H groups in total. The Morgan fingerprint density at radius 2 is 2.36 bits per heavy atom. The van der Waals surface area contributed by atoms with Crippen LogP contribution in [0.3, 0.4) is 0 Å². The lowest BCUT2D eigenvalue weighted by atomic mass is 10.5. The summed E-state index contributed by atoms with van der Waals surface area (Å²) in [5.74, 6) is 0. The van der Waals surface area contributed by atoms with Crippen molar-refractivity contribution in [2.24, 2.45) is 0 Å². The molecular weight excluding hydrogens is 178 g/mol. The van der Waals surface area contributed by atoms with Crippen LogP contribution in [0.2, 0.25) is 5.02 Å². The van der Waals surface area contributed by atoms with Crippen molar-refractivity contribution in [2.45, 2.75) is 24.1 Å². The molecule has 1 nitrogen and oxygen atoms in total. The van der Waals surface area contributed by atoms with Gasteiger partial charge in [-0.3, -0.25) is 0 Å². The number of pyridine rings is 1. The van der Waals surface area contributed by atoms with Gasteiger partial charge in [-0.25, -0.2) is 4.98 Å². The number of nitrogens with zero attached hydrogens (tertiary/aromatic N) is 1. The minimum Gasteiger partial charge on any atom is -0.249 e. The zero-order chi connectivity index (χ0) is 8.27. The summed E-state index contributed by atoms with van der Waals surface area (Å²) < 4.78 is 0. The monoisotopic (exact) mass is 186 g/mol. The third-order valence-corrected chi connectivity index (χ3v) is 2.11. The topological polar surface area (TPSA) is 12.9 Å². The molecule has 11 heavy (non-hydrogen) atoms. The van der Waals surface area contributed by atoms with Crippen molar-refractivity contribution in [1.82, 2.24) is 4.98 Å². The van der Waals surface area contributed by atoms with E-state index in [9.17, 15) is 0 Å². The van der Waals surface area contributed by atoms with E-state index >= 15 is 0 Å². The van der Waals surface area contributed by atoms with Crippen LogP contribution in [-0.2, 0) is 0 Å². The number of halogens is 1. The van der Waals surface area contributed by atoms with Crippen LogP contribution in [0.5, 0.6) is 0 Å². The number of aromatic nitrogens is 1. The van der Waals surface area contributed by atoms with E-state index < -0.39 is 0 Å². The maximum atomic E-state index is 5.72. The summed E-state index contributed by atoms with van der Waals surface area (Å²) in [7, 11) is 0. The number of hydrogen-bond donors (Lipinski definition) is 0. The predicted octanol–water partition coefficient (Wildman–Crippen LogP) is 3.04. The van der Waals surface area contributed by atoms with Gasteiger partial charge in [0.2, 0.25) is 0 Å². The van der Waals surface area contributed by atoms with Gasteiger partial charge in [-0.2, -0.15) is 0 Å². The van der Waals surface area contributed by atoms with Gasteiger partial charge in [0.15, 0.2) is 0 Å². The second-order valence-corrected chi connectivity index (χ2v) is 4.36. The van der Waals surface area contributed by atoms with Gasteiger partial charge in [0, 0.05) is 17.5 Å². The first-order valence-electron chi connectivity index (χ1n) is 3.39. The Hall–Kier alpha value is -0.210. The Morgan fingerprint density at radius 1 is 1.64 bits per heavy atom. The fourth-order valence-corrected chi connectivity index (χ4v) is 1.57. The van der Waals surface area contributed by atoms with E-state index in [0.29, 0.717) is 10.3 Å². The molecule has 1 aromatic heterocycles. The van der Waals surface area contributed by atoms with E-state index in [-0.39, 0.29) is 0 Å². The van der Waals surface area contributed by atoms with Gasteiger partial charge < -0.3 is 0 Å². The number of thioether (sulfide) groups is 1. The Kier molecular flexibility index (Phi) is 3.21. The van der Waals surface area contributed by atoms with E-state index in [1.54, 1.807) is 24.0 Å². The molecule has 0 atom stereocenters. The molecule has 59 valence electrons. The zero-order valence-electron chi connectivity index (χ0n) is 6.47. The molecule has 0 aliphatic rings. The van der Waals surface area contributed by atoms with Crippen LogP contribution in [0, 0.1) is 6.07 Å². The maximum Gasteiger partial charge on any atom is 0.106 e. The average molecular weight is 187 g/mol. The van der Waals surface area contributed by atoms with E-state index in [2.05, 4.69) is 24.9 Å². The Labute approximate surface area is 76.2 Å². The molecule has 0 aromatic carbocycles. The molecule has 0 unspecified atom stereocenters. The van der Waals surface area contributed by atoms with Crippen LogP contribution < -0.4 is 0 Å². The van der Waals surface area contributed by atoms with Crippen LogP contribution in [0.15, 0.2) is 17.3 Å². The summed E-state index contributed by atoms with van der Waals surface area (Å²) >= 11 is 7.38. The highest BCUT2D eigenvalue weighted by Gasteiger charge is 1.99. The fourth-order valence-electron chi connectivity index (χ4n) is 0.630. The van der Waals surface area contributed by atoms with Gasteiger partial charge in [0.25, 0.3) is 0 Å². The van der Waals surface area contributed by atoms with Gasteiger partial charge in [-0.15, -0.1) is 11.8 Å². The average Bonchev–Trinajstić information content (AvgIpc) is 1.85. The predicted molar refractivity (Wildman–Crippen MR) is 49.1 cm³/mol. The lowest BCUT2D eigenvalue weighted by Crippen LogP contribution is -1.88. The first kappa shape index (κ1) is 8.88. The smallest absolute Gasteiger partial charge is 0.106 e. The third kappa shape index (κ3) is 3.12. The first-order valence-corrected chi connectivity index (χ1v) is 4.64. The highest BCUT2D eigenvalue weighted by atomic mass is 35.5. The summed E-state index contributed by atoms with van der Waals surface area (Å²) in [5.41, 5.74) is 0. The van der Waals surface area contributed by atoms with Crippen LogP contribution in [0.1, 0.15) is 13.8 Å². The molecule has 0 amide bonds. The van der Waals surface area contributed by atoms with E-state index in [1.165, 1.54) is 0 Å². The molecule has 0 saturated heterocycles. The van der Waals surface area contributed by atoms with E-state index in [0.717, 1.165) is 5.03 Å². The van der Waals surface area contributed by atoms with Crippen LogP contribution in [0.4, 0.5) is 0 Å². The summed E-state index contributed by atoms with van der Waals surface area (Å²) in [6, 6.07) is 4.68. The Morgan fingerprint density at radius 3 is 2.91 bits per heavy atom. The third-order valence-electron chi connectivity index (χ3n) is 0.986. The molecule has 3 heteroatoms. The highest BCUT2D eigenvalue weighted by Crippen LogP contribution is 2.21. The molecule has 1 aromatic rings. The first-order chi connectivity index (χ1) is 5.18. The van der Waals surface area contributed by atoms with Crippen molar-refractivity contribution in [2.75, 3.05) is 0 Å². The van der Waals surface area contributed by atoms with E-state index in [4.69, 9.17) is 11.6 Å². The van der Waals surface area contributed by atoms with Gasteiger partial charge in [0.1, 0.15) is 5.03 Å². The molecule has 0 aliphatic heterocycles. The minimum atomic E-state index is 0.525. The molecule has 1 rings (SSSR count). The number of hydrogen-bond acceptors (Lipinski definition) is 2. The minimum absolute atomic E-state index is 0.525.